The predicted octanol–water partition coefficient (Wildman–Crippen LogP) is 10.7. The average Bonchev–Trinajstić information content (AvgIpc) is 2.07. The second kappa shape index (κ2) is 31.2. The van der Waals surface area contributed by atoms with Crippen LogP contribution in [0.5, 0.6) is 5.75 Å². The zero-order valence-corrected chi connectivity index (χ0v) is 51.1. The second-order valence-electron chi connectivity index (χ2n) is 21.5. The molecule has 0 saturated carbocycles. The number of unbranched alkanes of at least 4 members (excludes halogenated alkanes) is 1. The third-order valence-electron chi connectivity index (χ3n) is 15.6. The number of aromatic nitrogens is 6. The summed E-state index contributed by atoms with van der Waals surface area (Å²) in [5.41, 5.74) is 12.1. The van der Waals surface area contributed by atoms with E-state index >= 15 is 0 Å². The zero-order chi connectivity index (χ0) is 61.8. The molecule has 89 heavy (non-hydrogen) atoms. The molecule has 0 saturated heterocycles. The molecule has 0 fully saturated rings. The summed E-state index contributed by atoms with van der Waals surface area (Å²) >= 11 is 6.80. The minimum Gasteiger partial charge on any atom is -0.497 e. The quantitative estimate of drug-likeness (QED) is 0.0266. The van der Waals surface area contributed by atoms with Crippen molar-refractivity contribution in [2.24, 2.45) is 0 Å². The number of ether oxygens (including phenoxy) is 6. The van der Waals surface area contributed by atoms with Crippen LogP contribution in [-0.2, 0) is 58.3 Å². The highest BCUT2D eigenvalue weighted by Gasteiger charge is 2.42. The van der Waals surface area contributed by atoms with Crippen molar-refractivity contribution in [3.63, 3.8) is 0 Å². The fraction of sp³-hybridized carbons (Fsp3) is 0.300. The normalized spacial score (nSPS) is 12.4. The molecule has 19 heteroatoms. The zero-order valence-electron chi connectivity index (χ0n) is 50.4. The van der Waals surface area contributed by atoms with Gasteiger partial charge in [-0.25, -0.2) is 9.78 Å². The van der Waals surface area contributed by atoms with Gasteiger partial charge in [-0.2, -0.15) is 0 Å². The molecule has 10 rings (SSSR count). The minimum atomic E-state index is -0.985. The summed E-state index contributed by atoms with van der Waals surface area (Å²) < 4.78 is 35.4. The van der Waals surface area contributed by atoms with Crippen LogP contribution in [0, 0.1) is 6.92 Å². The molecule has 0 spiro atoms. The highest BCUT2D eigenvalue weighted by atomic mass is 35.5. The third kappa shape index (κ3) is 15.6. The van der Waals surface area contributed by atoms with Crippen LogP contribution in [0.3, 0.4) is 0 Å². The van der Waals surface area contributed by atoms with Crippen molar-refractivity contribution < 1.29 is 42.8 Å². The van der Waals surface area contributed by atoms with Crippen molar-refractivity contribution in [3.05, 3.63) is 232 Å². The molecule has 18 nitrogen and oxygen atoms in total. The molecule has 3 amide bonds. The monoisotopic (exact) mass is 1220 g/mol. The van der Waals surface area contributed by atoms with Gasteiger partial charge in [0.1, 0.15) is 31.4 Å². The Bertz CT molecular complexity index is 3720. The highest BCUT2D eigenvalue weighted by molar-refractivity contribution is 6.30. The first-order valence-electron chi connectivity index (χ1n) is 30.1. The predicted molar refractivity (Wildman–Crippen MR) is 341 cm³/mol. The Balaban J connectivity index is 0.650. The number of carbonyl (C=O) groups is 3. The van der Waals surface area contributed by atoms with Crippen LogP contribution in [0.15, 0.2) is 176 Å². The number of hydrogen-bond donors (Lipinski definition) is 3. The molecule has 460 valence electrons. The van der Waals surface area contributed by atoms with Gasteiger partial charge in [0.05, 0.1) is 59.0 Å². The number of benzene rings is 7. The lowest BCUT2D eigenvalue weighted by Crippen LogP contribution is -2.39. The number of aryl methyl sites for hydroxylation is 2. The minimum absolute atomic E-state index is 0.00135. The van der Waals surface area contributed by atoms with E-state index in [0.717, 1.165) is 80.1 Å². The molecule has 1 unspecified atom stereocenters. The van der Waals surface area contributed by atoms with Gasteiger partial charge in [-0.3, -0.25) is 9.59 Å². The summed E-state index contributed by atoms with van der Waals surface area (Å²) in [4.78, 5) is 44.4. The maximum Gasteiger partial charge on any atom is 0.407 e. The Morgan fingerprint density at radius 1 is 0.607 bits per heavy atom. The number of halogens is 1. The first-order valence-corrected chi connectivity index (χ1v) is 30.5. The molecule has 0 radical (unpaired) electrons. The van der Waals surface area contributed by atoms with Gasteiger partial charge in [0, 0.05) is 37.5 Å². The molecule has 2 heterocycles. The van der Waals surface area contributed by atoms with Crippen LogP contribution in [0.2, 0.25) is 5.15 Å². The fourth-order valence-corrected chi connectivity index (χ4v) is 11.4. The van der Waals surface area contributed by atoms with E-state index in [-0.39, 0.29) is 51.3 Å². The number of amides is 3. The number of nitrogens with zero attached hydrogens (tertiary/aromatic N) is 6. The summed E-state index contributed by atoms with van der Waals surface area (Å²) in [6.45, 7) is 6.90. The van der Waals surface area contributed by atoms with Crippen LogP contribution >= 0.6 is 11.6 Å². The highest BCUT2D eigenvalue weighted by Crippen LogP contribution is 2.45. The molecule has 7 aromatic carbocycles. The number of imidazole rings is 1. The van der Waals surface area contributed by atoms with Gasteiger partial charge < -0.3 is 48.9 Å². The van der Waals surface area contributed by atoms with Gasteiger partial charge in [-0.15, -0.1) is 15.0 Å². The largest absolute Gasteiger partial charge is 0.497 e. The number of hydrogen-bond acceptors (Lipinski definition) is 13. The van der Waals surface area contributed by atoms with E-state index in [2.05, 4.69) is 137 Å². The summed E-state index contributed by atoms with van der Waals surface area (Å²) in [5.74, 6) is 1.24. The lowest BCUT2D eigenvalue weighted by molar-refractivity contribution is -0.131. The Kier molecular flexibility index (Phi) is 22.1. The number of alkyl carbamates (subject to hydrolysis) is 1. The van der Waals surface area contributed by atoms with Crippen molar-refractivity contribution in [1.82, 2.24) is 45.7 Å². The molecule has 0 aliphatic heterocycles. The lowest BCUT2D eigenvalue weighted by Gasteiger charge is -2.34. The average molecular weight is 1220 g/mol. The molecule has 1 atom stereocenters. The van der Waals surface area contributed by atoms with Crippen LogP contribution < -0.4 is 20.7 Å². The Morgan fingerprint density at radius 2 is 1.17 bits per heavy atom. The van der Waals surface area contributed by atoms with E-state index < -0.39 is 17.5 Å². The van der Waals surface area contributed by atoms with Crippen LogP contribution in [0.1, 0.15) is 76.1 Å². The van der Waals surface area contributed by atoms with Gasteiger partial charge in [-0.05, 0) is 86.3 Å². The Hall–Kier alpha value is -9.04. The molecule has 0 bridgehead atoms. The number of rotatable bonds is 32. The van der Waals surface area contributed by atoms with Crippen LogP contribution in [-0.4, -0.2) is 127 Å². The SMILES string of the molecule is CCCCc1nc(Cl)c(CNC(=O)COCC(=O)NCCOCCOCCOCCNC(=O)OCC2c3ccccc3-c3ccccc32)n1Cc1ccc(-c2ccccc2-c2nnn(C(c3ccccc3)(c3ccc(C)cc3)c3ccc(OC)cc3)n2)cc1. The van der Waals surface area contributed by atoms with Gasteiger partial charge in [0.25, 0.3) is 0 Å². The molecule has 1 aliphatic carbocycles. The van der Waals surface area contributed by atoms with Crippen molar-refractivity contribution in [3.8, 4) is 39.4 Å². The number of carbonyl (C=O) groups excluding carboxylic acids is 3. The van der Waals surface area contributed by atoms with E-state index in [1.54, 1.807) is 11.9 Å². The first kappa shape index (κ1) is 63.0. The topological polar surface area (TPSA) is 204 Å². The summed E-state index contributed by atoms with van der Waals surface area (Å²) in [6.07, 6.45) is 2.10. The smallest absolute Gasteiger partial charge is 0.407 e. The molecule has 1 aliphatic rings. The second-order valence-corrected chi connectivity index (χ2v) is 21.8. The van der Waals surface area contributed by atoms with E-state index in [1.807, 2.05) is 72.8 Å². The van der Waals surface area contributed by atoms with E-state index in [9.17, 15) is 14.4 Å². The number of methoxy groups -OCH3 is 1. The van der Waals surface area contributed by atoms with Crippen molar-refractivity contribution in [2.45, 2.75) is 57.7 Å². The van der Waals surface area contributed by atoms with Crippen molar-refractivity contribution in [2.75, 3.05) is 79.7 Å². The summed E-state index contributed by atoms with van der Waals surface area (Å²) in [5, 5.41) is 23.5. The third-order valence-corrected chi connectivity index (χ3v) is 15.9. The number of nitrogens with one attached hydrogen (secondary N) is 3. The van der Waals surface area contributed by atoms with E-state index in [1.165, 1.54) is 11.1 Å². The van der Waals surface area contributed by atoms with Crippen LogP contribution in [0.4, 0.5) is 4.79 Å². The van der Waals surface area contributed by atoms with Crippen molar-refractivity contribution >= 4 is 29.5 Å². The lowest BCUT2D eigenvalue weighted by atomic mass is 9.77. The Labute approximate surface area is 523 Å². The molecule has 2 aromatic heterocycles. The Morgan fingerprint density at radius 3 is 1.81 bits per heavy atom. The molecule has 3 N–H and O–H groups in total. The fourth-order valence-electron chi connectivity index (χ4n) is 11.1. The van der Waals surface area contributed by atoms with Gasteiger partial charge in [0.15, 0.2) is 10.7 Å². The first-order chi connectivity index (χ1) is 43.6. The maximum absolute atomic E-state index is 13.0. The summed E-state index contributed by atoms with van der Waals surface area (Å²) in [7, 11) is 1.66. The summed E-state index contributed by atoms with van der Waals surface area (Å²) in [6, 6.07) is 59.5. The number of fused-ring (bicyclic) bond motifs is 3. The van der Waals surface area contributed by atoms with Gasteiger partial charge in [0.2, 0.25) is 17.6 Å². The maximum atomic E-state index is 13.0. The van der Waals surface area contributed by atoms with E-state index in [0.29, 0.717) is 69.2 Å². The molecule has 9 aromatic rings. The van der Waals surface area contributed by atoms with E-state index in [4.69, 9.17) is 60.4 Å². The van der Waals surface area contributed by atoms with Crippen molar-refractivity contribution in [1.29, 1.82) is 0 Å². The number of tetrazole rings is 1. The molecular formula is C70H74ClN9O9. The van der Waals surface area contributed by atoms with Crippen LogP contribution in [0.25, 0.3) is 33.6 Å². The molecular weight excluding hydrogens is 1150 g/mol. The van der Waals surface area contributed by atoms with Gasteiger partial charge in [-0.1, -0.05) is 194 Å². The van der Waals surface area contributed by atoms with Gasteiger partial charge >= 0.3 is 6.09 Å². The standard InChI is InChI=1S/C70H74ClN9O9/c1-4-5-23-64-75-67(71)63(44-74-66(82)48-88-47-65(81)72-36-38-85-40-42-87-43-41-86-39-37-73-69(83)89-46-62-59-20-12-10-18-57(59)58-19-11-13-21-60(58)62)79(64)45-50-26-28-51(29-27-50)56-17-9-14-22-61(56)68-76-78-80(77-68)70(52-15-7-6-8-16-52,53-30-24-49(2)25-31-53)54-32-34-55(84-3)35-33-54/h6-22,24-35,62H,4-5,23,36-48H2,1-3H3,(H,72,81)(H,73,83)(H,74,82).